The Labute approximate surface area is 114 Å². The summed E-state index contributed by atoms with van der Waals surface area (Å²) in [5.41, 5.74) is 8.11. The first-order chi connectivity index (χ1) is 8.84. The van der Waals surface area contributed by atoms with E-state index in [1.807, 2.05) is 39.0 Å². The molecule has 0 bridgehead atoms. The lowest BCUT2D eigenvalue weighted by Crippen LogP contribution is -2.25. The second-order valence-corrected chi connectivity index (χ2v) is 5.31. The molecule has 0 fully saturated rings. The van der Waals surface area contributed by atoms with Crippen LogP contribution in [0, 0.1) is 6.92 Å². The summed E-state index contributed by atoms with van der Waals surface area (Å²) in [6.45, 7) is 6.23. The number of nitrogens with two attached hydrogens (primary N) is 1. The van der Waals surface area contributed by atoms with Crippen molar-refractivity contribution >= 4 is 11.7 Å². The molecule has 0 atom stereocenters. The number of nitrogen functional groups attached to an aromatic ring is 1. The molecule has 0 aliphatic rings. The van der Waals surface area contributed by atoms with E-state index in [9.17, 15) is 4.79 Å². The molecule has 0 saturated heterocycles. The van der Waals surface area contributed by atoms with E-state index >= 15 is 0 Å². The van der Waals surface area contributed by atoms with Crippen molar-refractivity contribution in [1.82, 2.24) is 0 Å². The second-order valence-electron chi connectivity index (χ2n) is 5.31. The molecule has 0 heterocycles. The van der Waals surface area contributed by atoms with Crippen molar-refractivity contribution in [3.8, 4) is 0 Å². The maximum atomic E-state index is 11.7. The fraction of sp³-hybridized carbons (Fsp3) is 0.533. The summed E-state index contributed by atoms with van der Waals surface area (Å²) in [6.07, 6.45) is 0.873. The van der Waals surface area contributed by atoms with E-state index in [1.165, 1.54) is 0 Å². The van der Waals surface area contributed by atoms with Crippen molar-refractivity contribution in [3.63, 3.8) is 0 Å². The molecule has 106 valence electrons. The van der Waals surface area contributed by atoms with Gasteiger partial charge in [-0.1, -0.05) is 12.1 Å². The molecule has 1 aromatic rings. The smallest absolute Gasteiger partial charge is 0.310 e. The average Bonchev–Trinajstić information content (AvgIpc) is 2.32. The molecule has 1 rings (SSSR count). The van der Waals surface area contributed by atoms with E-state index in [0.29, 0.717) is 18.7 Å². The predicted octanol–water partition coefficient (Wildman–Crippen LogP) is 2.48. The summed E-state index contributed by atoms with van der Waals surface area (Å²) >= 11 is 0. The largest absolute Gasteiger partial charge is 0.465 e. The minimum absolute atomic E-state index is 0.208. The Morgan fingerprint density at radius 2 is 2.05 bits per heavy atom. The summed E-state index contributed by atoms with van der Waals surface area (Å²) in [4.78, 5) is 11.7. The first kappa shape index (κ1) is 15.5. The molecule has 2 N–H and O–H groups in total. The third-order valence-corrected chi connectivity index (χ3v) is 3.16. The van der Waals surface area contributed by atoms with Crippen molar-refractivity contribution in [2.24, 2.45) is 0 Å². The van der Waals surface area contributed by atoms with Crippen LogP contribution >= 0.6 is 0 Å². The highest BCUT2D eigenvalue weighted by Gasteiger charge is 2.17. The Morgan fingerprint density at radius 1 is 1.37 bits per heavy atom. The number of methoxy groups -OCH3 is 1. The third-order valence-electron chi connectivity index (χ3n) is 3.16. The Kier molecular flexibility index (Phi) is 5.36. The monoisotopic (exact) mass is 265 g/mol. The molecular formula is C15H23NO3. The van der Waals surface area contributed by atoms with Gasteiger partial charge in [0.05, 0.1) is 18.6 Å². The maximum absolute atomic E-state index is 11.7. The summed E-state index contributed by atoms with van der Waals surface area (Å²) < 4.78 is 10.5. The van der Waals surface area contributed by atoms with Crippen LogP contribution in [0.4, 0.5) is 5.69 Å². The average molecular weight is 265 g/mol. The number of carbonyl (C=O) groups excluding carboxylic acids is 1. The zero-order valence-electron chi connectivity index (χ0n) is 12.2. The highest BCUT2D eigenvalue weighted by atomic mass is 16.5. The Balaban J connectivity index is 2.43. The van der Waals surface area contributed by atoms with Gasteiger partial charge in [-0.25, -0.2) is 0 Å². The van der Waals surface area contributed by atoms with Gasteiger partial charge in [-0.2, -0.15) is 0 Å². The molecule has 0 amide bonds. The fourth-order valence-electron chi connectivity index (χ4n) is 1.59. The molecule has 0 saturated carbocycles. The van der Waals surface area contributed by atoms with Crippen molar-refractivity contribution < 1.29 is 14.3 Å². The third kappa shape index (κ3) is 5.30. The van der Waals surface area contributed by atoms with Crippen LogP contribution < -0.4 is 5.73 Å². The van der Waals surface area contributed by atoms with Crippen LogP contribution in [-0.2, 0) is 20.7 Å². The Hall–Kier alpha value is -1.55. The van der Waals surface area contributed by atoms with Gasteiger partial charge in [-0.15, -0.1) is 0 Å². The van der Waals surface area contributed by atoms with E-state index < -0.39 is 0 Å². The number of ether oxygens (including phenoxy) is 2. The Bertz CT molecular complexity index is 441. The minimum Gasteiger partial charge on any atom is -0.465 e. The summed E-state index contributed by atoms with van der Waals surface area (Å²) in [6, 6.07) is 5.66. The number of benzene rings is 1. The van der Waals surface area contributed by atoms with Crippen LogP contribution in [0.1, 0.15) is 31.4 Å². The highest BCUT2D eigenvalue weighted by Crippen LogP contribution is 2.16. The summed E-state index contributed by atoms with van der Waals surface area (Å²) in [5, 5.41) is 0. The topological polar surface area (TPSA) is 61.5 Å². The second kappa shape index (κ2) is 6.57. The minimum atomic E-state index is -0.275. The molecular weight excluding hydrogens is 242 g/mol. The van der Waals surface area contributed by atoms with Crippen LogP contribution in [0.3, 0.4) is 0 Å². The molecule has 1 aromatic carbocycles. The standard InChI is InChI=1S/C15H23NO3/c1-11-5-6-12(13(16)9-11)10-14(17)19-8-7-15(2,3)18-4/h5-6,9H,7-8,10,16H2,1-4H3. The summed E-state index contributed by atoms with van der Waals surface area (Å²) in [5.74, 6) is -0.262. The zero-order chi connectivity index (χ0) is 14.5. The lowest BCUT2D eigenvalue weighted by atomic mass is 10.1. The summed E-state index contributed by atoms with van der Waals surface area (Å²) in [7, 11) is 1.65. The number of rotatable bonds is 6. The van der Waals surface area contributed by atoms with Crippen molar-refractivity contribution in [3.05, 3.63) is 29.3 Å². The molecule has 4 nitrogen and oxygen atoms in total. The van der Waals surface area contributed by atoms with E-state index in [4.69, 9.17) is 15.2 Å². The van der Waals surface area contributed by atoms with Gasteiger partial charge < -0.3 is 15.2 Å². The van der Waals surface area contributed by atoms with Crippen molar-refractivity contribution in [2.75, 3.05) is 19.5 Å². The molecule has 0 unspecified atom stereocenters. The van der Waals surface area contributed by atoms with Gasteiger partial charge in [0, 0.05) is 19.2 Å². The van der Waals surface area contributed by atoms with Gasteiger partial charge in [-0.3, -0.25) is 4.79 Å². The fourth-order valence-corrected chi connectivity index (χ4v) is 1.59. The lowest BCUT2D eigenvalue weighted by Gasteiger charge is -2.22. The first-order valence-corrected chi connectivity index (χ1v) is 6.40. The number of aryl methyl sites for hydroxylation is 1. The van der Waals surface area contributed by atoms with Gasteiger partial charge in [0.2, 0.25) is 0 Å². The van der Waals surface area contributed by atoms with Gasteiger partial charge in [-0.05, 0) is 38.0 Å². The number of hydrogen-bond acceptors (Lipinski definition) is 4. The van der Waals surface area contributed by atoms with Crippen LogP contribution in [0.15, 0.2) is 18.2 Å². The molecule has 4 heteroatoms. The molecule has 0 radical (unpaired) electrons. The quantitative estimate of drug-likeness (QED) is 0.634. The molecule has 0 aliphatic carbocycles. The van der Waals surface area contributed by atoms with Crippen LogP contribution in [0.5, 0.6) is 0 Å². The lowest BCUT2D eigenvalue weighted by molar-refractivity contribution is -0.144. The van der Waals surface area contributed by atoms with E-state index in [-0.39, 0.29) is 18.0 Å². The van der Waals surface area contributed by atoms with E-state index in [0.717, 1.165) is 11.1 Å². The molecule has 0 aliphatic heterocycles. The SMILES string of the molecule is COC(C)(C)CCOC(=O)Cc1ccc(C)cc1N. The number of anilines is 1. The van der Waals surface area contributed by atoms with Gasteiger partial charge in [0.25, 0.3) is 0 Å². The van der Waals surface area contributed by atoms with Crippen molar-refractivity contribution in [1.29, 1.82) is 0 Å². The van der Waals surface area contributed by atoms with Crippen LogP contribution in [0.25, 0.3) is 0 Å². The molecule has 19 heavy (non-hydrogen) atoms. The number of hydrogen-bond donors (Lipinski definition) is 1. The predicted molar refractivity (Wildman–Crippen MR) is 76.0 cm³/mol. The van der Waals surface area contributed by atoms with Crippen molar-refractivity contribution in [2.45, 2.75) is 39.2 Å². The normalized spacial score (nSPS) is 11.4. The zero-order valence-corrected chi connectivity index (χ0v) is 12.2. The van der Waals surface area contributed by atoms with E-state index in [1.54, 1.807) is 7.11 Å². The molecule has 0 aromatic heterocycles. The first-order valence-electron chi connectivity index (χ1n) is 6.40. The Morgan fingerprint density at radius 3 is 2.63 bits per heavy atom. The van der Waals surface area contributed by atoms with Gasteiger partial charge in [0.1, 0.15) is 0 Å². The number of esters is 1. The van der Waals surface area contributed by atoms with Gasteiger partial charge >= 0.3 is 5.97 Å². The van der Waals surface area contributed by atoms with Gasteiger partial charge in [0.15, 0.2) is 0 Å². The van der Waals surface area contributed by atoms with Crippen LogP contribution in [0.2, 0.25) is 0 Å². The molecule has 0 spiro atoms. The maximum Gasteiger partial charge on any atom is 0.310 e. The number of carbonyl (C=O) groups is 1. The van der Waals surface area contributed by atoms with E-state index in [2.05, 4.69) is 0 Å². The van der Waals surface area contributed by atoms with Crippen LogP contribution in [-0.4, -0.2) is 25.3 Å². The highest BCUT2D eigenvalue weighted by molar-refractivity contribution is 5.75.